The summed E-state index contributed by atoms with van der Waals surface area (Å²) in [7, 11) is 0. The molecule has 0 bridgehead atoms. The Kier molecular flexibility index (Phi) is 33.5. The normalized spacial score (nSPS) is 9.45. The first-order valence-corrected chi connectivity index (χ1v) is 12.7. The Bertz CT molecular complexity index is 224. The fraction of sp³-hybridized carbons (Fsp3) is 0.875. The van der Waals surface area contributed by atoms with Crippen molar-refractivity contribution in [3.05, 3.63) is 0 Å². The third-order valence-corrected chi connectivity index (χ3v) is 3.61. The summed E-state index contributed by atoms with van der Waals surface area (Å²) >= 11 is 2.17. The number of hydrogen-bond acceptors (Lipinski definition) is 2. The molecule has 122 valence electrons. The Morgan fingerprint density at radius 1 is 0.864 bits per heavy atom. The topological polar surface area (TPSA) is 74.6 Å². The molecule has 0 fully saturated rings. The number of unbranched alkanes of at least 4 members (excludes halogenated alkanes) is 7. The van der Waals surface area contributed by atoms with E-state index < -0.39 is 18.4 Å². The maximum Gasteiger partial charge on any atom is 0.314 e. The Labute approximate surface area is 204 Å². The summed E-state index contributed by atoms with van der Waals surface area (Å²) in [6.07, 6.45) is 11.0. The molecule has 22 heavy (non-hydrogen) atoms. The van der Waals surface area contributed by atoms with E-state index in [1.54, 1.807) is 0.515 Å². The average molecular weight is 367 g/mol. The number of aliphatic carboxylic acids is 2. The van der Waals surface area contributed by atoms with Crippen molar-refractivity contribution < 1.29 is 19.8 Å². The van der Waals surface area contributed by atoms with Crippen molar-refractivity contribution >= 4 is 110 Å². The number of carbonyl (C=O) groups is 2. The zero-order valence-corrected chi connectivity index (χ0v) is 21.6. The minimum Gasteiger partial charge on any atom is -0.481 e. The first-order chi connectivity index (χ1) is 10.3. The standard InChI is InChI=1S/C10H21.C3H4O4.C3H7.2K/c1-3-5-7-9-10-8-6-4-2;4-2(5)1-3(6)7;1-3-2;;/h1,3-10H2,2H3;1H2,(H,4,5)(H,6,7);3H,1-2H3;;. The smallest absolute Gasteiger partial charge is 0.314 e. The van der Waals surface area contributed by atoms with Gasteiger partial charge in [0.15, 0.2) is 0 Å². The molecule has 0 saturated carbocycles. The molecule has 0 aliphatic rings. The predicted octanol–water partition coefficient (Wildman–Crippen LogP) is 4.24. The average Bonchev–Trinajstić information content (AvgIpc) is 2.36. The molecule has 6 heteroatoms. The van der Waals surface area contributed by atoms with Gasteiger partial charge in [-0.1, -0.05) is 0 Å². The second kappa shape index (κ2) is 25.5. The van der Waals surface area contributed by atoms with Gasteiger partial charge in [-0.25, -0.2) is 0 Å². The fourth-order valence-electron chi connectivity index (χ4n) is 1.51. The van der Waals surface area contributed by atoms with Gasteiger partial charge in [-0.05, 0) is 0 Å². The van der Waals surface area contributed by atoms with E-state index in [9.17, 15) is 9.59 Å². The summed E-state index contributed by atoms with van der Waals surface area (Å²) in [6, 6.07) is 0. The number of rotatable bonds is 10. The van der Waals surface area contributed by atoms with Crippen molar-refractivity contribution in [2.75, 3.05) is 0 Å². The van der Waals surface area contributed by atoms with Crippen LogP contribution in [-0.2, 0) is 9.59 Å². The van der Waals surface area contributed by atoms with Crippen LogP contribution < -0.4 is 0 Å². The Balaban J connectivity index is -0.000000280. The first-order valence-electron chi connectivity index (χ1n) is 8.71. The van der Waals surface area contributed by atoms with Crippen LogP contribution in [0.25, 0.3) is 0 Å². The van der Waals surface area contributed by atoms with Crippen LogP contribution in [0.15, 0.2) is 0 Å². The van der Waals surface area contributed by atoms with Crippen LogP contribution in [0, 0.1) is 0 Å². The number of carboxylic acids is 2. The van der Waals surface area contributed by atoms with Gasteiger partial charge in [0.2, 0.25) is 0 Å². The minimum absolute atomic E-state index is 0.806. The zero-order chi connectivity index (χ0) is 17.8. The van der Waals surface area contributed by atoms with Crippen molar-refractivity contribution in [3.63, 3.8) is 0 Å². The van der Waals surface area contributed by atoms with E-state index >= 15 is 0 Å². The molecule has 0 unspecified atom stereocenters. The van der Waals surface area contributed by atoms with E-state index in [4.69, 9.17) is 10.2 Å². The summed E-state index contributed by atoms with van der Waals surface area (Å²) in [6.45, 7) is 6.78. The second-order valence-corrected chi connectivity index (χ2v) is 11.3. The van der Waals surface area contributed by atoms with E-state index in [0.717, 1.165) is 97.9 Å². The summed E-state index contributed by atoms with van der Waals surface area (Å²) in [5, 5.41) is 15.4. The van der Waals surface area contributed by atoms with Crippen molar-refractivity contribution in [1.29, 1.82) is 0 Å². The van der Waals surface area contributed by atoms with E-state index in [2.05, 4.69) is 20.8 Å². The summed E-state index contributed by atoms with van der Waals surface area (Å²) < 4.78 is 2.58. The number of carboxylic acid groups (broad SMARTS) is 2. The van der Waals surface area contributed by atoms with E-state index in [0.29, 0.717) is 0 Å². The number of hydrogen-bond donors (Lipinski definition) is 2. The monoisotopic (exact) mass is 366 g/mol. The summed E-state index contributed by atoms with van der Waals surface area (Å²) in [5.41, 5.74) is 0. The van der Waals surface area contributed by atoms with E-state index in [-0.39, 0.29) is 0 Å². The Morgan fingerprint density at radius 2 is 1.18 bits per heavy atom. The molecule has 0 aliphatic heterocycles. The maximum atomic E-state index is 9.43. The van der Waals surface area contributed by atoms with Crippen LogP contribution in [0.4, 0.5) is 0 Å². The van der Waals surface area contributed by atoms with Gasteiger partial charge in [-0.2, -0.15) is 0 Å². The molecule has 0 amide bonds. The maximum absolute atomic E-state index is 9.43. The van der Waals surface area contributed by atoms with Crippen LogP contribution in [0.2, 0.25) is 0.528 Å². The quantitative estimate of drug-likeness (QED) is 0.344. The van der Waals surface area contributed by atoms with Gasteiger partial charge in [-0.15, -0.1) is 0 Å². The van der Waals surface area contributed by atoms with Gasteiger partial charge in [0.05, 0.1) is 0 Å². The van der Waals surface area contributed by atoms with E-state index in [1.165, 1.54) is 51.4 Å². The second-order valence-electron chi connectivity index (χ2n) is 6.17. The summed E-state index contributed by atoms with van der Waals surface area (Å²) in [5.74, 6) is -2.62. The molecule has 0 aromatic rings. The Morgan fingerprint density at radius 3 is 1.41 bits per heavy atom. The van der Waals surface area contributed by atoms with Crippen molar-refractivity contribution in [3.8, 4) is 0 Å². The van der Waals surface area contributed by atoms with Crippen LogP contribution in [0.1, 0.15) is 78.6 Å². The minimum atomic E-state index is -1.31. The SMILES string of the molecule is CCCCCCCCC[CH2][K].C[CH](C)[K].O=C(O)CC(=O)O. The molecule has 0 saturated heterocycles. The largest absolute Gasteiger partial charge is 0.481 e. The molecule has 0 radical (unpaired) electrons. The van der Waals surface area contributed by atoms with Crippen molar-refractivity contribution in [2.45, 2.75) is 79.1 Å². The molecule has 0 rings (SSSR count). The molecule has 0 spiro atoms. The molecule has 4 nitrogen and oxygen atoms in total. The Hall–Kier alpha value is 2.21. The molecule has 0 aliphatic carbocycles. The van der Waals surface area contributed by atoms with Crippen LogP contribution in [0.3, 0.4) is 0 Å². The fourth-order valence-corrected chi connectivity index (χ4v) is 2.29. The zero-order valence-electron chi connectivity index (χ0n) is 15.4. The molecule has 0 aromatic carbocycles. The molecular weight excluding hydrogens is 334 g/mol. The predicted molar refractivity (Wildman–Crippen MR) is 93.9 cm³/mol. The molecular formula is C16H32K2O4. The van der Waals surface area contributed by atoms with Gasteiger partial charge in [0.1, 0.15) is 6.42 Å². The van der Waals surface area contributed by atoms with E-state index in [1.807, 2.05) is 0 Å². The van der Waals surface area contributed by atoms with Gasteiger partial charge < -0.3 is 10.2 Å². The van der Waals surface area contributed by atoms with Crippen LogP contribution in [-0.4, -0.2) is 120 Å². The van der Waals surface area contributed by atoms with Crippen molar-refractivity contribution in [2.24, 2.45) is 0 Å². The van der Waals surface area contributed by atoms with Gasteiger partial charge >= 0.3 is 183 Å². The van der Waals surface area contributed by atoms with Gasteiger partial charge in [0.25, 0.3) is 0 Å². The first kappa shape index (κ1) is 29.0. The van der Waals surface area contributed by atoms with Gasteiger partial charge in [0, 0.05) is 0 Å². The molecule has 0 aromatic heterocycles. The molecule has 2 N–H and O–H groups in total. The van der Waals surface area contributed by atoms with Crippen LogP contribution >= 0.6 is 0 Å². The molecule has 0 heterocycles. The van der Waals surface area contributed by atoms with Gasteiger partial charge in [-0.3, -0.25) is 9.59 Å². The third kappa shape index (κ3) is 49.5. The van der Waals surface area contributed by atoms with Crippen molar-refractivity contribution in [1.82, 2.24) is 0 Å². The van der Waals surface area contributed by atoms with Crippen LogP contribution in [0.5, 0.6) is 0 Å². The third-order valence-electron chi connectivity index (χ3n) is 2.51. The summed E-state index contributed by atoms with van der Waals surface area (Å²) in [4.78, 5) is 18.9. The molecule has 0 atom stereocenters.